The van der Waals surface area contributed by atoms with E-state index >= 15 is 0 Å². The van der Waals surface area contributed by atoms with Crippen molar-refractivity contribution in [3.05, 3.63) is 0 Å². The summed E-state index contributed by atoms with van der Waals surface area (Å²) < 4.78 is 8.77. The van der Waals surface area contributed by atoms with Crippen molar-refractivity contribution in [3.8, 4) is 0 Å². The van der Waals surface area contributed by atoms with Crippen molar-refractivity contribution in [2.24, 2.45) is 11.8 Å². The van der Waals surface area contributed by atoms with E-state index in [4.69, 9.17) is 15.1 Å². The summed E-state index contributed by atoms with van der Waals surface area (Å²) in [6.45, 7) is 3.62. The third kappa shape index (κ3) is 12.0. The van der Waals surface area contributed by atoms with Crippen LogP contribution in [0.15, 0.2) is 0 Å². The highest BCUT2D eigenvalue weighted by atomic mass is 16.6. The van der Waals surface area contributed by atoms with Gasteiger partial charge in [0.2, 0.25) is 0 Å². The minimum Gasteiger partial charge on any atom is -0.449 e. The van der Waals surface area contributed by atoms with Crippen molar-refractivity contribution in [3.63, 3.8) is 0 Å². The lowest BCUT2D eigenvalue weighted by Gasteiger charge is -2.08. The second-order valence-corrected chi connectivity index (χ2v) is 5.10. The van der Waals surface area contributed by atoms with E-state index in [-0.39, 0.29) is 0 Å². The second-order valence-electron chi connectivity index (χ2n) is 5.10. The zero-order valence-electron chi connectivity index (χ0n) is 14.8. The highest BCUT2D eigenvalue weighted by molar-refractivity contribution is 6.30. The molecule has 0 rings (SSSR count). The average molecular weight is 376 g/mol. The van der Waals surface area contributed by atoms with Gasteiger partial charge in [0.25, 0.3) is 0 Å². The molecule has 0 aromatic carbocycles. The van der Waals surface area contributed by atoms with Crippen LogP contribution < -0.4 is 0 Å². The summed E-state index contributed by atoms with van der Waals surface area (Å²) in [5.74, 6) is -6.90. The molecule has 0 heterocycles. The molecule has 0 aromatic rings. The van der Waals surface area contributed by atoms with Gasteiger partial charge < -0.3 is 24.5 Å². The Balaban J connectivity index is 0. The highest BCUT2D eigenvalue weighted by Crippen LogP contribution is 2.01. The van der Waals surface area contributed by atoms with E-state index in [2.05, 4.69) is 9.47 Å². The van der Waals surface area contributed by atoms with Crippen LogP contribution in [0.5, 0.6) is 0 Å². The summed E-state index contributed by atoms with van der Waals surface area (Å²) in [5.41, 5.74) is 0. The molecule has 0 amide bonds. The molecule has 146 valence electrons. The molecule has 0 fully saturated rings. The largest absolute Gasteiger partial charge is 0.631 e. The zero-order valence-corrected chi connectivity index (χ0v) is 14.8. The van der Waals surface area contributed by atoms with Crippen LogP contribution in [0, 0.1) is 11.8 Å². The Bertz CT molecular complexity index is 506. The molecule has 12 heteroatoms. The summed E-state index contributed by atoms with van der Waals surface area (Å²) in [5, 5.41) is 21.5. The monoisotopic (exact) mass is 376 g/mol. The number of ether oxygens (including phenoxy) is 2. The summed E-state index contributed by atoms with van der Waals surface area (Å²) in [7, 11) is -2.17. The first-order valence-electron chi connectivity index (χ1n) is 7.25. The number of carbonyl (C=O) groups excluding carboxylic acids is 6. The molecule has 0 bridgehead atoms. The number of ketones is 4. The first-order valence-corrected chi connectivity index (χ1v) is 7.25. The summed E-state index contributed by atoms with van der Waals surface area (Å²) in [4.78, 5) is 67.2. The Morgan fingerprint density at radius 3 is 1.15 bits per heavy atom. The molecule has 0 aromatic heterocycles. The highest BCUT2D eigenvalue weighted by Gasteiger charge is 2.25. The van der Waals surface area contributed by atoms with Gasteiger partial charge in [-0.2, -0.15) is 0 Å². The van der Waals surface area contributed by atoms with Crippen LogP contribution in [0.2, 0.25) is 0 Å². The van der Waals surface area contributed by atoms with Crippen LogP contribution in [0.25, 0.3) is 0 Å². The summed E-state index contributed by atoms with van der Waals surface area (Å²) >= 11 is 0. The fourth-order valence-electron chi connectivity index (χ4n) is 1.09. The van der Waals surface area contributed by atoms with Crippen LogP contribution in [-0.4, -0.2) is 70.7 Å². The van der Waals surface area contributed by atoms with Crippen molar-refractivity contribution >= 4 is 42.4 Å². The molecular weight excluding hydrogens is 355 g/mol. The van der Waals surface area contributed by atoms with Crippen molar-refractivity contribution in [1.29, 1.82) is 0 Å². The van der Waals surface area contributed by atoms with Crippen LogP contribution in [-0.2, 0) is 38.2 Å². The van der Waals surface area contributed by atoms with Crippen LogP contribution in [0.3, 0.4) is 0 Å². The lowest BCUT2D eigenvalue weighted by atomic mass is 10.0. The minimum atomic E-state index is -2.17. The van der Waals surface area contributed by atoms with Crippen molar-refractivity contribution < 1.29 is 53.3 Å². The predicted molar refractivity (Wildman–Crippen MR) is 84.0 cm³/mol. The number of hydrogen-bond acceptors (Lipinski definition) is 11. The van der Waals surface area contributed by atoms with Gasteiger partial charge >= 0.3 is 19.3 Å². The standard InChI is InChI=1S/C14H18O8.BH3O3/c1-7(9(3)15)11(17)5-21-13(19)14(20)22-6-12(18)8(2)10(4)16;2-1(3)4/h7-8H,5-6H2,1-4H3;2-4H. The summed E-state index contributed by atoms with van der Waals surface area (Å²) in [6, 6.07) is 0. The topological polar surface area (TPSA) is 182 Å². The van der Waals surface area contributed by atoms with Gasteiger partial charge in [0.1, 0.15) is 11.6 Å². The first kappa shape index (κ1) is 25.8. The van der Waals surface area contributed by atoms with Crippen LogP contribution in [0.1, 0.15) is 27.7 Å². The molecule has 0 aliphatic heterocycles. The number of esters is 2. The number of Topliss-reactive ketones (excluding diaryl/α,β-unsaturated/α-hetero) is 4. The molecule has 11 nitrogen and oxygen atoms in total. The minimum absolute atomic E-state index is 0.396. The van der Waals surface area contributed by atoms with Crippen molar-refractivity contribution in [2.45, 2.75) is 27.7 Å². The van der Waals surface area contributed by atoms with Crippen molar-refractivity contribution in [1.82, 2.24) is 0 Å². The van der Waals surface area contributed by atoms with E-state index in [9.17, 15) is 28.8 Å². The van der Waals surface area contributed by atoms with Gasteiger partial charge in [0.15, 0.2) is 24.8 Å². The van der Waals surface area contributed by atoms with E-state index in [1.165, 1.54) is 27.7 Å². The molecule has 0 radical (unpaired) electrons. The molecule has 0 aliphatic rings. The smallest absolute Gasteiger partial charge is 0.449 e. The van der Waals surface area contributed by atoms with Gasteiger partial charge in [0.05, 0.1) is 11.8 Å². The molecule has 0 saturated heterocycles. The lowest BCUT2D eigenvalue weighted by molar-refractivity contribution is -0.169. The Hall–Kier alpha value is -2.44. The van der Waals surface area contributed by atoms with E-state index in [0.717, 1.165) is 0 Å². The van der Waals surface area contributed by atoms with E-state index in [1.807, 2.05) is 0 Å². The molecule has 3 N–H and O–H groups in total. The predicted octanol–water partition coefficient (Wildman–Crippen LogP) is -2.39. The van der Waals surface area contributed by atoms with Gasteiger partial charge in [0, 0.05) is 0 Å². The Morgan fingerprint density at radius 1 is 0.731 bits per heavy atom. The Morgan fingerprint density at radius 2 is 0.962 bits per heavy atom. The van der Waals surface area contributed by atoms with Gasteiger partial charge in [-0.25, -0.2) is 9.59 Å². The van der Waals surface area contributed by atoms with Gasteiger partial charge in [-0.15, -0.1) is 0 Å². The zero-order chi connectivity index (χ0) is 21.0. The quantitative estimate of drug-likeness (QED) is 0.178. The second kappa shape index (κ2) is 12.9. The molecule has 2 atom stereocenters. The van der Waals surface area contributed by atoms with Gasteiger partial charge in [-0.3, -0.25) is 19.2 Å². The Kier molecular flexibility index (Phi) is 12.8. The lowest BCUT2D eigenvalue weighted by Crippen LogP contribution is -2.30. The van der Waals surface area contributed by atoms with E-state index in [1.54, 1.807) is 0 Å². The average Bonchev–Trinajstić information content (AvgIpc) is 2.54. The molecule has 26 heavy (non-hydrogen) atoms. The van der Waals surface area contributed by atoms with Gasteiger partial charge in [-0.05, 0) is 27.7 Å². The third-order valence-electron chi connectivity index (χ3n) is 3.04. The molecule has 0 aliphatic carbocycles. The maximum absolute atomic E-state index is 11.4. The Labute approximate surface area is 149 Å². The normalized spacial score (nSPS) is 11.8. The molecule has 0 saturated carbocycles. The number of hydrogen-bond donors (Lipinski definition) is 3. The number of carbonyl (C=O) groups is 6. The molecule has 2 unspecified atom stereocenters. The maximum atomic E-state index is 11.4. The van der Waals surface area contributed by atoms with E-state index < -0.39 is 67.4 Å². The van der Waals surface area contributed by atoms with Crippen LogP contribution >= 0.6 is 0 Å². The molecular formula is C14H21BO11. The SMILES string of the molecule is CC(=O)C(C)C(=O)COC(=O)C(=O)OCC(=O)C(C)C(C)=O.OB(O)O. The van der Waals surface area contributed by atoms with Crippen molar-refractivity contribution in [2.75, 3.05) is 13.2 Å². The van der Waals surface area contributed by atoms with Crippen LogP contribution in [0.4, 0.5) is 0 Å². The van der Waals surface area contributed by atoms with E-state index in [0.29, 0.717) is 0 Å². The maximum Gasteiger partial charge on any atom is 0.631 e. The fourth-order valence-corrected chi connectivity index (χ4v) is 1.09. The molecule has 0 spiro atoms. The summed E-state index contributed by atoms with van der Waals surface area (Å²) in [6.07, 6.45) is 0. The fraction of sp³-hybridized carbons (Fsp3) is 0.571. The third-order valence-corrected chi connectivity index (χ3v) is 3.04. The van der Waals surface area contributed by atoms with Gasteiger partial charge in [-0.1, -0.05) is 0 Å². The number of rotatable bonds is 8. The first-order chi connectivity index (χ1) is 11.8.